The van der Waals surface area contributed by atoms with Crippen molar-refractivity contribution in [2.45, 2.75) is 0 Å². The molecule has 0 atom stereocenters. The van der Waals surface area contributed by atoms with Crippen LogP contribution < -0.4 is 15.4 Å². The van der Waals surface area contributed by atoms with Gasteiger partial charge in [0.2, 0.25) is 5.95 Å². The molecule has 1 aliphatic rings. The van der Waals surface area contributed by atoms with Crippen molar-refractivity contribution in [1.29, 1.82) is 5.26 Å². The van der Waals surface area contributed by atoms with Gasteiger partial charge in [0.05, 0.1) is 11.9 Å². The number of hydrogen-bond acceptors (Lipinski definition) is 7. The monoisotopic (exact) mass is 331 g/mol. The van der Waals surface area contributed by atoms with Crippen LogP contribution in [0.1, 0.15) is 5.69 Å². The normalized spacial score (nSPS) is 14.7. The second-order valence-electron chi connectivity index (χ2n) is 5.10. The zero-order valence-electron chi connectivity index (χ0n) is 12.5. The lowest BCUT2D eigenvalue weighted by Gasteiger charge is -2.36. The van der Waals surface area contributed by atoms with Crippen molar-refractivity contribution in [3.8, 4) is 6.07 Å². The first-order chi connectivity index (χ1) is 11.1. The topological polar surface area (TPSA) is 90.9 Å². The summed E-state index contributed by atoms with van der Waals surface area (Å²) in [4.78, 5) is 24.3. The smallest absolute Gasteiger partial charge is 0.287 e. The summed E-state index contributed by atoms with van der Waals surface area (Å²) in [6, 6.07) is 3.58. The molecule has 3 rings (SSSR count). The molecule has 0 aliphatic carbocycles. The van der Waals surface area contributed by atoms with Gasteiger partial charge in [-0.1, -0.05) is 11.6 Å². The van der Waals surface area contributed by atoms with Crippen molar-refractivity contribution in [2.24, 2.45) is 7.05 Å². The van der Waals surface area contributed by atoms with Gasteiger partial charge in [-0.15, -0.1) is 0 Å². The maximum absolute atomic E-state index is 11.9. The highest BCUT2D eigenvalue weighted by atomic mass is 35.5. The molecule has 2 aromatic rings. The molecule has 9 heteroatoms. The van der Waals surface area contributed by atoms with Crippen molar-refractivity contribution < 1.29 is 0 Å². The predicted molar refractivity (Wildman–Crippen MR) is 85.7 cm³/mol. The largest absolute Gasteiger partial charge is 0.365 e. The van der Waals surface area contributed by atoms with Crippen LogP contribution in [0.2, 0.25) is 5.02 Å². The van der Waals surface area contributed by atoms with Gasteiger partial charge in [-0.25, -0.2) is 14.6 Å². The lowest BCUT2D eigenvalue weighted by atomic mass is 10.3. The molecule has 1 fully saturated rings. The fraction of sp³-hybridized carbons (Fsp3) is 0.357. The maximum atomic E-state index is 11.9. The maximum Gasteiger partial charge on any atom is 0.287 e. The Balaban J connectivity index is 1.75. The van der Waals surface area contributed by atoms with E-state index < -0.39 is 0 Å². The van der Waals surface area contributed by atoms with Crippen molar-refractivity contribution in [1.82, 2.24) is 19.7 Å². The molecule has 1 saturated heterocycles. The minimum absolute atomic E-state index is 0.179. The highest BCUT2D eigenvalue weighted by molar-refractivity contribution is 6.33. The van der Waals surface area contributed by atoms with E-state index in [1.54, 1.807) is 25.5 Å². The van der Waals surface area contributed by atoms with Crippen LogP contribution in [0.15, 0.2) is 23.3 Å². The van der Waals surface area contributed by atoms with Gasteiger partial charge in [0.25, 0.3) is 5.56 Å². The first-order valence-electron chi connectivity index (χ1n) is 7.05. The first kappa shape index (κ1) is 15.2. The first-order valence-corrected chi connectivity index (χ1v) is 7.43. The van der Waals surface area contributed by atoms with E-state index >= 15 is 0 Å². The van der Waals surface area contributed by atoms with Crippen LogP contribution in [-0.4, -0.2) is 45.9 Å². The number of aryl methyl sites for hydroxylation is 1. The fourth-order valence-corrected chi connectivity index (χ4v) is 2.72. The second-order valence-corrected chi connectivity index (χ2v) is 5.48. The van der Waals surface area contributed by atoms with Crippen molar-refractivity contribution in [3.05, 3.63) is 39.5 Å². The number of nitriles is 1. The minimum atomic E-state index is -0.309. The van der Waals surface area contributed by atoms with E-state index in [2.05, 4.69) is 15.1 Å². The SMILES string of the molecule is Cn1ncc(N2CCN(c3nccc(C#N)n3)CC2)c(Cl)c1=O. The van der Waals surface area contributed by atoms with E-state index in [-0.39, 0.29) is 10.6 Å². The van der Waals surface area contributed by atoms with Crippen LogP contribution in [0, 0.1) is 11.3 Å². The molecule has 0 radical (unpaired) electrons. The van der Waals surface area contributed by atoms with Gasteiger partial charge >= 0.3 is 0 Å². The Hall–Kier alpha value is -2.66. The van der Waals surface area contributed by atoms with E-state index in [9.17, 15) is 4.79 Å². The van der Waals surface area contributed by atoms with Gasteiger partial charge in [0, 0.05) is 39.4 Å². The molecule has 8 nitrogen and oxygen atoms in total. The summed E-state index contributed by atoms with van der Waals surface area (Å²) in [5.74, 6) is 0.539. The fourth-order valence-electron chi connectivity index (χ4n) is 2.43. The average molecular weight is 332 g/mol. The Morgan fingerprint density at radius 3 is 2.65 bits per heavy atom. The quantitative estimate of drug-likeness (QED) is 0.787. The number of anilines is 2. The standard InChI is InChI=1S/C14H14ClN7O/c1-20-13(23)12(15)11(9-18-20)21-4-6-22(7-5-21)14-17-3-2-10(8-16)19-14/h2-3,9H,4-7H2,1H3. The van der Waals surface area contributed by atoms with Crippen molar-refractivity contribution in [2.75, 3.05) is 36.0 Å². The highest BCUT2D eigenvalue weighted by Crippen LogP contribution is 2.23. The van der Waals surface area contributed by atoms with Crippen LogP contribution in [0.25, 0.3) is 0 Å². The molecule has 0 aromatic carbocycles. The Kier molecular flexibility index (Phi) is 4.12. The van der Waals surface area contributed by atoms with Crippen LogP contribution >= 0.6 is 11.6 Å². The molecule has 0 spiro atoms. The van der Waals surface area contributed by atoms with E-state index in [0.717, 1.165) is 0 Å². The molecule has 1 aliphatic heterocycles. The third-order valence-electron chi connectivity index (χ3n) is 3.72. The summed E-state index contributed by atoms with van der Waals surface area (Å²) in [6.45, 7) is 2.66. The van der Waals surface area contributed by atoms with E-state index in [1.807, 2.05) is 15.9 Å². The van der Waals surface area contributed by atoms with Crippen LogP contribution in [-0.2, 0) is 7.05 Å². The van der Waals surface area contributed by atoms with Gasteiger partial charge in [-0.3, -0.25) is 4.79 Å². The Labute approximate surface area is 137 Å². The molecule has 0 saturated carbocycles. The average Bonchev–Trinajstić information content (AvgIpc) is 2.60. The summed E-state index contributed by atoms with van der Waals surface area (Å²) >= 11 is 6.14. The van der Waals surface area contributed by atoms with E-state index in [1.165, 1.54) is 4.68 Å². The van der Waals surface area contributed by atoms with Crippen LogP contribution in [0.3, 0.4) is 0 Å². The summed E-state index contributed by atoms with van der Waals surface area (Å²) in [5, 5.41) is 13.1. The van der Waals surface area contributed by atoms with Crippen LogP contribution in [0.5, 0.6) is 0 Å². The summed E-state index contributed by atoms with van der Waals surface area (Å²) in [7, 11) is 1.56. The number of aromatic nitrogens is 4. The molecule has 0 unspecified atom stereocenters. The van der Waals surface area contributed by atoms with E-state index in [4.69, 9.17) is 16.9 Å². The lowest BCUT2D eigenvalue weighted by Crippen LogP contribution is -2.47. The highest BCUT2D eigenvalue weighted by Gasteiger charge is 2.22. The lowest BCUT2D eigenvalue weighted by molar-refractivity contribution is 0.632. The third kappa shape index (κ3) is 2.96. The number of piperazine rings is 1. The molecule has 0 N–H and O–H groups in total. The molecule has 0 bridgehead atoms. The Bertz CT molecular complexity index is 821. The van der Waals surface area contributed by atoms with Gasteiger partial charge < -0.3 is 9.80 Å². The number of rotatable bonds is 2. The molecule has 118 valence electrons. The zero-order chi connectivity index (χ0) is 16.4. The molecule has 23 heavy (non-hydrogen) atoms. The van der Waals surface area contributed by atoms with Gasteiger partial charge in [0.15, 0.2) is 0 Å². The number of nitrogens with zero attached hydrogens (tertiary/aromatic N) is 7. The predicted octanol–water partition coefficient (Wildman–Crippen LogP) is 0.422. The van der Waals surface area contributed by atoms with Gasteiger partial charge in [0.1, 0.15) is 16.8 Å². The van der Waals surface area contributed by atoms with E-state index in [0.29, 0.717) is 43.5 Å². The third-order valence-corrected chi connectivity index (χ3v) is 4.08. The number of halogens is 1. The Morgan fingerprint density at radius 1 is 1.26 bits per heavy atom. The molecular weight excluding hydrogens is 318 g/mol. The summed E-state index contributed by atoms with van der Waals surface area (Å²) in [6.07, 6.45) is 3.18. The van der Waals surface area contributed by atoms with Crippen molar-refractivity contribution in [3.63, 3.8) is 0 Å². The summed E-state index contributed by atoms with van der Waals surface area (Å²) in [5.41, 5.74) is 0.675. The molecular formula is C14H14ClN7O. The molecule has 2 aromatic heterocycles. The van der Waals surface area contributed by atoms with Crippen LogP contribution in [0.4, 0.5) is 11.6 Å². The zero-order valence-corrected chi connectivity index (χ0v) is 13.2. The second kappa shape index (κ2) is 6.22. The Morgan fingerprint density at radius 2 is 1.96 bits per heavy atom. The molecule has 0 amide bonds. The number of hydrogen-bond donors (Lipinski definition) is 0. The summed E-state index contributed by atoms with van der Waals surface area (Å²) < 4.78 is 1.21. The molecule has 3 heterocycles. The van der Waals surface area contributed by atoms with Gasteiger partial charge in [-0.2, -0.15) is 10.4 Å². The van der Waals surface area contributed by atoms with Crippen molar-refractivity contribution >= 4 is 23.2 Å². The van der Waals surface area contributed by atoms with Gasteiger partial charge in [-0.05, 0) is 6.07 Å². The minimum Gasteiger partial charge on any atom is -0.365 e.